The van der Waals surface area contributed by atoms with Gasteiger partial charge < -0.3 is 14.7 Å². The van der Waals surface area contributed by atoms with Crippen LogP contribution in [0.4, 0.5) is 24.8 Å². The summed E-state index contributed by atoms with van der Waals surface area (Å²) < 4.78 is 40.2. The Labute approximate surface area is 198 Å². The Kier molecular flexibility index (Phi) is 5.92. The second kappa shape index (κ2) is 8.90. The second-order valence-electron chi connectivity index (χ2n) is 8.39. The second-order valence-corrected chi connectivity index (χ2v) is 8.83. The molecule has 5 heterocycles. The lowest BCUT2D eigenvalue weighted by Crippen LogP contribution is -2.52. The molecule has 0 unspecified atom stereocenters. The van der Waals surface area contributed by atoms with Gasteiger partial charge in [0, 0.05) is 51.4 Å². The van der Waals surface area contributed by atoms with Crippen molar-refractivity contribution in [3.63, 3.8) is 0 Å². The number of fused-ring (bicyclic) bond motifs is 1. The number of rotatable bonds is 3. The molecule has 0 aliphatic carbocycles. The summed E-state index contributed by atoms with van der Waals surface area (Å²) in [6, 6.07) is 6.78. The number of halogens is 4. The Balaban J connectivity index is 1.18. The minimum atomic E-state index is -4.64. The Hall–Kier alpha value is -3.15. The lowest BCUT2D eigenvalue weighted by Gasteiger charge is -2.39. The van der Waals surface area contributed by atoms with Gasteiger partial charge in [-0.15, -0.1) is 15.3 Å². The molecule has 0 N–H and O–H groups in total. The average molecular weight is 495 g/mol. The van der Waals surface area contributed by atoms with E-state index in [1.807, 2.05) is 15.9 Å². The Morgan fingerprint density at radius 1 is 0.912 bits per heavy atom. The Morgan fingerprint density at radius 3 is 2.24 bits per heavy atom. The molecule has 13 heteroatoms. The van der Waals surface area contributed by atoms with Gasteiger partial charge in [-0.25, -0.2) is 4.98 Å². The van der Waals surface area contributed by atoms with Crippen LogP contribution in [0.1, 0.15) is 18.7 Å². The van der Waals surface area contributed by atoms with Gasteiger partial charge in [0.1, 0.15) is 11.6 Å². The van der Waals surface area contributed by atoms with E-state index in [1.165, 1.54) is 6.07 Å². The molecule has 3 aromatic rings. The third kappa shape index (κ3) is 4.46. The predicted octanol–water partition coefficient (Wildman–Crippen LogP) is 2.76. The Bertz CT molecular complexity index is 1170. The van der Waals surface area contributed by atoms with Crippen molar-refractivity contribution in [1.29, 1.82) is 0 Å². The topological polar surface area (TPSA) is 82.8 Å². The van der Waals surface area contributed by atoms with Crippen LogP contribution >= 0.6 is 11.6 Å². The molecule has 0 saturated carbocycles. The molecule has 2 fully saturated rings. The lowest BCUT2D eigenvalue weighted by molar-refractivity contribution is -0.146. The third-order valence-corrected chi connectivity index (χ3v) is 6.52. The number of nitrogens with zero attached hydrogens (tertiary/aromatic N) is 8. The van der Waals surface area contributed by atoms with Crippen LogP contribution < -0.4 is 9.80 Å². The zero-order chi connectivity index (χ0) is 23.9. The van der Waals surface area contributed by atoms with E-state index in [-0.39, 0.29) is 17.5 Å². The van der Waals surface area contributed by atoms with Gasteiger partial charge in [-0.1, -0.05) is 11.6 Å². The van der Waals surface area contributed by atoms with E-state index in [2.05, 4.69) is 25.2 Å². The minimum Gasteiger partial charge on any atom is -0.355 e. The molecule has 5 rings (SSSR count). The van der Waals surface area contributed by atoms with Crippen LogP contribution in [0.5, 0.6) is 0 Å². The van der Waals surface area contributed by atoms with Crippen LogP contribution in [0.3, 0.4) is 0 Å². The van der Waals surface area contributed by atoms with E-state index in [1.54, 1.807) is 18.3 Å². The maximum absolute atomic E-state index is 13.1. The fraction of sp³-hybridized carbons (Fsp3) is 0.476. The van der Waals surface area contributed by atoms with Crippen molar-refractivity contribution in [2.75, 3.05) is 49.1 Å². The van der Waals surface area contributed by atoms with Crippen molar-refractivity contribution < 1.29 is 18.0 Å². The summed E-state index contributed by atoms with van der Waals surface area (Å²) >= 11 is 5.90. The zero-order valence-electron chi connectivity index (χ0n) is 18.1. The van der Waals surface area contributed by atoms with Crippen molar-refractivity contribution in [3.8, 4) is 0 Å². The molecular formula is C21H22ClF3N8O. The van der Waals surface area contributed by atoms with Crippen LogP contribution in [0.2, 0.25) is 5.02 Å². The highest BCUT2D eigenvalue weighted by atomic mass is 35.5. The van der Waals surface area contributed by atoms with Crippen molar-refractivity contribution in [2.24, 2.45) is 5.92 Å². The molecule has 0 atom stereocenters. The lowest BCUT2D eigenvalue weighted by atomic mass is 9.95. The monoisotopic (exact) mass is 494 g/mol. The third-order valence-electron chi connectivity index (χ3n) is 6.30. The Morgan fingerprint density at radius 2 is 1.59 bits per heavy atom. The number of piperidine rings is 1. The summed E-state index contributed by atoms with van der Waals surface area (Å²) in [6.45, 7) is 3.71. The molecule has 0 spiro atoms. The molecule has 0 radical (unpaired) electrons. The highest BCUT2D eigenvalue weighted by Crippen LogP contribution is 2.29. The van der Waals surface area contributed by atoms with Crippen molar-refractivity contribution in [3.05, 3.63) is 41.3 Å². The molecule has 0 aromatic carbocycles. The SMILES string of the molecule is O=C(C1CCN(c2ccc3nnc(C(F)(F)F)n3n2)CC1)N1CCN(c2ccc(Cl)cn2)CC1. The number of hydrogen-bond acceptors (Lipinski definition) is 7. The van der Waals surface area contributed by atoms with Crippen LogP contribution in [-0.4, -0.2) is 74.9 Å². The van der Waals surface area contributed by atoms with Crippen LogP contribution in [0, 0.1) is 5.92 Å². The van der Waals surface area contributed by atoms with Crippen molar-refractivity contribution in [1.82, 2.24) is 29.7 Å². The van der Waals surface area contributed by atoms with Gasteiger partial charge in [-0.05, 0) is 37.1 Å². The van der Waals surface area contributed by atoms with E-state index in [9.17, 15) is 18.0 Å². The molecule has 3 aromatic heterocycles. The van der Waals surface area contributed by atoms with Crippen LogP contribution in [-0.2, 0) is 11.0 Å². The van der Waals surface area contributed by atoms with Crippen molar-refractivity contribution >= 4 is 34.8 Å². The zero-order valence-corrected chi connectivity index (χ0v) is 18.9. The number of carbonyl (C=O) groups excluding carboxylic acids is 1. The summed E-state index contributed by atoms with van der Waals surface area (Å²) in [5.74, 6) is 0.122. The van der Waals surface area contributed by atoms with Crippen LogP contribution in [0.25, 0.3) is 5.65 Å². The molecular weight excluding hydrogens is 473 g/mol. The molecule has 0 bridgehead atoms. The van der Waals surface area contributed by atoms with Gasteiger partial charge in [-0.2, -0.15) is 17.7 Å². The summed E-state index contributed by atoms with van der Waals surface area (Å²) in [5.41, 5.74) is 0.0362. The molecule has 1 amide bonds. The number of alkyl halides is 3. The summed E-state index contributed by atoms with van der Waals surface area (Å²) in [5, 5.41) is 11.4. The van der Waals surface area contributed by atoms with E-state index in [0.717, 1.165) is 10.3 Å². The molecule has 2 aliphatic rings. The quantitative estimate of drug-likeness (QED) is 0.553. The maximum Gasteiger partial charge on any atom is 0.453 e. The normalized spacial score (nSPS) is 18.1. The minimum absolute atomic E-state index is 0.0362. The average Bonchev–Trinajstić information content (AvgIpc) is 3.28. The number of pyridine rings is 1. The first-order chi connectivity index (χ1) is 16.3. The standard InChI is InChI=1S/C21H22ClF3N8O/c22-15-1-2-16(26-13-15)31-9-11-32(12-10-31)19(34)14-5-7-30(8-6-14)18-4-3-17-27-28-20(21(23,24)25)33(17)29-18/h1-4,13-14H,5-12H2. The molecule has 180 valence electrons. The van der Waals surface area contributed by atoms with E-state index < -0.39 is 12.0 Å². The van der Waals surface area contributed by atoms with E-state index in [4.69, 9.17) is 11.6 Å². The highest BCUT2D eigenvalue weighted by molar-refractivity contribution is 6.30. The number of piperazine rings is 1. The van der Waals surface area contributed by atoms with Gasteiger partial charge in [-0.3, -0.25) is 4.79 Å². The fourth-order valence-corrected chi connectivity index (χ4v) is 4.56. The van der Waals surface area contributed by atoms with Gasteiger partial charge in [0.2, 0.25) is 5.91 Å². The molecule has 34 heavy (non-hydrogen) atoms. The fourth-order valence-electron chi connectivity index (χ4n) is 4.45. The first-order valence-electron chi connectivity index (χ1n) is 11.0. The van der Waals surface area contributed by atoms with Gasteiger partial charge >= 0.3 is 6.18 Å². The smallest absolute Gasteiger partial charge is 0.355 e. The molecule has 9 nitrogen and oxygen atoms in total. The van der Waals surface area contributed by atoms with E-state index >= 15 is 0 Å². The maximum atomic E-state index is 13.1. The molecule has 2 aliphatic heterocycles. The number of aromatic nitrogens is 5. The predicted molar refractivity (Wildman–Crippen MR) is 119 cm³/mol. The number of hydrogen-bond donors (Lipinski definition) is 0. The summed E-state index contributed by atoms with van der Waals surface area (Å²) in [4.78, 5) is 23.3. The largest absolute Gasteiger partial charge is 0.453 e. The number of carbonyl (C=O) groups is 1. The summed E-state index contributed by atoms with van der Waals surface area (Å²) in [7, 11) is 0. The first kappa shape index (κ1) is 22.6. The molecule has 2 saturated heterocycles. The first-order valence-corrected chi connectivity index (χ1v) is 11.4. The number of anilines is 2. The van der Waals surface area contributed by atoms with E-state index in [0.29, 0.717) is 63.0 Å². The number of amides is 1. The van der Waals surface area contributed by atoms with Crippen LogP contribution in [0.15, 0.2) is 30.5 Å². The van der Waals surface area contributed by atoms with Gasteiger partial charge in [0.15, 0.2) is 5.65 Å². The van der Waals surface area contributed by atoms with Gasteiger partial charge in [0.25, 0.3) is 5.82 Å². The summed E-state index contributed by atoms with van der Waals surface area (Å²) in [6.07, 6.45) is -1.79. The van der Waals surface area contributed by atoms with Crippen molar-refractivity contribution in [2.45, 2.75) is 19.0 Å². The van der Waals surface area contributed by atoms with Gasteiger partial charge in [0.05, 0.1) is 5.02 Å². The highest BCUT2D eigenvalue weighted by Gasteiger charge is 2.38.